The predicted octanol–water partition coefficient (Wildman–Crippen LogP) is 3.34. The highest BCUT2D eigenvalue weighted by atomic mass is 32.2. The second-order valence-electron chi connectivity index (χ2n) is 10.6. The van der Waals surface area contributed by atoms with Gasteiger partial charge >= 0.3 is 0 Å². The van der Waals surface area contributed by atoms with E-state index in [2.05, 4.69) is 5.32 Å². The third kappa shape index (κ3) is 8.51. The summed E-state index contributed by atoms with van der Waals surface area (Å²) in [7, 11) is -2.05. The summed E-state index contributed by atoms with van der Waals surface area (Å²) in [6.07, 6.45) is 1.44. The number of nitrogens with zero attached hydrogens (tertiary/aromatic N) is 2. The van der Waals surface area contributed by atoms with Crippen molar-refractivity contribution in [1.82, 2.24) is 10.2 Å². The van der Waals surface area contributed by atoms with Gasteiger partial charge in [0.05, 0.1) is 19.1 Å². The van der Waals surface area contributed by atoms with E-state index in [0.29, 0.717) is 36.1 Å². The maximum atomic E-state index is 13.5. The molecule has 1 atom stereocenters. The molecular weight excluding hydrogens is 522 g/mol. The minimum Gasteiger partial charge on any atom is -0.497 e. The summed E-state index contributed by atoms with van der Waals surface area (Å²) in [5.74, 6) is 1.21. The van der Waals surface area contributed by atoms with Crippen LogP contribution in [0, 0.1) is 0 Å². The van der Waals surface area contributed by atoms with E-state index in [1.807, 2.05) is 32.9 Å². The standard InChI is InChI=1S/C28H39N3O7S/c1-20(27(33)29-28(2,3)4)30(19-21-9-12-23(36-5)13-10-21)26(32)8-7-15-31(39(6,34)35)22-11-14-24-25(18-22)38-17-16-37-24/h9-14,18,20H,7-8,15-17,19H2,1-6H3,(H,29,33). The normalized spacial score (nSPS) is 13.8. The first-order chi connectivity index (χ1) is 18.3. The number of hydrogen-bond acceptors (Lipinski definition) is 7. The molecule has 2 aromatic rings. The zero-order chi connectivity index (χ0) is 28.8. The van der Waals surface area contributed by atoms with Crippen molar-refractivity contribution < 1.29 is 32.2 Å². The molecule has 1 unspecified atom stereocenters. The molecule has 0 bridgehead atoms. The topological polar surface area (TPSA) is 114 Å². The van der Waals surface area contributed by atoms with Crippen LogP contribution >= 0.6 is 0 Å². The van der Waals surface area contributed by atoms with Crippen molar-refractivity contribution >= 4 is 27.5 Å². The molecule has 0 aliphatic carbocycles. The van der Waals surface area contributed by atoms with Gasteiger partial charge in [-0.25, -0.2) is 8.42 Å². The number of nitrogens with one attached hydrogen (secondary N) is 1. The molecule has 2 aromatic carbocycles. The molecule has 214 valence electrons. The number of carbonyl (C=O) groups excluding carboxylic acids is 2. The first-order valence-corrected chi connectivity index (χ1v) is 14.7. The number of hydrogen-bond donors (Lipinski definition) is 1. The third-order valence-corrected chi connectivity index (χ3v) is 7.34. The summed E-state index contributed by atoms with van der Waals surface area (Å²) in [6.45, 7) is 8.46. The van der Waals surface area contributed by atoms with Crippen LogP contribution in [0.15, 0.2) is 42.5 Å². The molecular formula is C28H39N3O7S. The number of rotatable bonds is 11. The molecule has 1 aliphatic heterocycles. The highest BCUT2D eigenvalue weighted by Crippen LogP contribution is 2.34. The molecule has 1 aliphatic rings. The molecule has 0 saturated heterocycles. The van der Waals surface area contributed by atoms with Crippen molar-refractivity contribution in [3.05, 3.63) is 48.0 Å². The third-order valence-electron chi connectivity index (χ3n) is 6.14. The first-order valence-electron chi connectivity index (χ1n) is 12.9. The second kappa shape index (κ2) is 12.6. The van der Waals surface area contributed by atoms with E-state index in [4.69, 9.17) is 14.2 Å². The molecule has 0 saturated carbocycles. The molecule has 2 amide bonds. The minimum atomic E-state index is -3.63. The quantitative estimate of drug-likeness (QED) is 0.448. The molecule has 1 heterocycles. The van der Waals surface area contributed by atoms with Gasteiger partial charge in [-0.05, 0) is 63.9 Å². The van der Waals surface area contributed by atoms with Crippen molar-refractivity contribution in [2.45, 2.75) is 58.7 Å². The number of benzene rings is 2. The molecule has 0 spiro atoms. The van der Waals surface area contributed by atoms with Crippen LogP contribution < -0.4 is 23.8 Å². The Morgan fingerprint density at radius 2 is 1.69 bits per heavy atom. The Balaban J connectivity index is 1.75. The molecule has 0 radical (unpaired) electrons. The molecule has 3 rings (SSSR count). The Labute approximate surface area is 231 Å². The zero-order valence-corrected chi connectivity index (χ0v) is 24.3. The van der Waals surface area contributed by atoms with Gasteiger partial charge in [0, 0.05) is 31.1 Å². The molecule has 11 heteroatoms. The molecule has 10 nitrogen and oxygen atoms in total. The van der Waals surface area contributed by atoms with E-state index >= 15 is 0 Å². The summed E-state index contributed by atoms with van der Waals surface area (Å²) >= 11 is 0. The number of fused-ring (bicyclic) bond motifs is 1. The van der Waals surface area contributed by atoms with Crippen LogP contribution in [-0.4, -0.2) is 69.8 Å². The van der Waals surface area contributed by atoms with Crippen LogP contribution in [0.5, 0.6) is 17.2 Å². The highest BCUT2D eigenvalue weighted by Gasteiger charge is 2.29. The monoisotopic (exact) mass is 561 g/mol. The smallest absolute Gasteiger partial charge is 0.242 e. The van der Waals surface area contributed by atoms with Crippen molar-refractivity contribution in [3.8, 4) is 17.2 Å². The van der Waals surface area contributed by atoms with E-state index in [9.17, 15) is 18.0 Å². The number of sulfonamides is 1. The summed E-state index contributed by atoms with van der Waals surface area (Å²) < 4.78 is 42.9. The molecule has 1 N–H and O–H groups in total. The van der Waals surface area contributed by atoms with Crippen molar-refractivity contribution in [3.63, 3.8) is 0 Å². The summed E-state index contributed by atoms with van der Waals surface area (Å²) in [4.78, 5) is 28.0. The Bertz CT molecular complexity index is 1260. The van der Waals surface area contributed by atoms with Crippen LogP contribution in [0.3, 0.4) is 0 Å². The fourth-order valence-electron chi connectivity index (χ4n) is 4.18. The number of ether oxygens (including phenoxy) is 3. The maximum Gasteiger partial charge on any atom is 0.242 e. The van der Waals surface area contributed by atoms with Gasteiger partial charge < -0.3 is 24.4 Å². The van der Waals surface area contributed by atoms with Crippen molar-refractivity contribution in [1.29, 1.82) is 0 Å². The van der Waals surface area contributed by atoms with Gasteiger partial charge in [0.2, 0.25) is 21.8 Å². The number of anilines is 1. The van der Waals surface area contributed by atoms with Gasteiger partial charge in [-0.3, -0.25) is 13.9 Å². The van der Waals surface area contributed by atoms with E-state index < -0.39 is 21.6 Å². The van der Waals surface area contributed by atoms with Crippen LogP contribution in [0.2, 0.25) is 0 Å². The van der Waals surface area contributed by atoms with Gasteiger partial charge in [-0.15, -0.1) is 0 Å². The van der Waals surface area contributed by atoms with E-state index in [-0.39, 0.29) is 37.7 Å². The average molecular weight is 562 g/mol. The van der Waals surface area contributed by atoms with Crippen molar-refractivity contribution in [2.75, 3.05) is 37.4 Å². The van der Waals surface area contributed by atoms with E-state index in [1.165, 1.54) is 9.21 Å². The molecule has 0 aromatic heterocycles. The Hall–Kier alpha value is -3.47. The van der Waals surface area contributed by atoms with Gasteiger partial charge in [0.25, 0.3) is 0 Å². The summed E-state index contributed by atoms with van der Waals surface area (Å²) in [5.41, 5.74) is 0.815. The predicted molar refractivity (Wildman–Crippen MR) is 150 cm³/mol. The lowest BCUT2D eigenvalue weighted by Crippen LogP contribution is -2.52. The fraction of sp³-hybridized carbons (Fsp3) is 0.500. The largest absolute Gasteiger partial charge is 0.497 e. The molecule has 39 heavy (non-hydrogen) atoms. The Morgan fingerprint density at radius 3 is 2.28 bits per heavy atom. The Morgan fingerprint density at radius 1 is 1.05 bits per heavy atom. The van der Waals surface area contributed by atoms with E-state index in [1.54, 1.807) is 44.4 Å². The summed E-state index contributed by atoms with van der Waals surface area (Å²) in [5, 5.41) is 2.94. The zero-order valence-electron chi connectivity index (χ0n) is 23.5. The van der Waals surface area contributed by atoms with Crippen LogP contribution in [0.4, 0.5) is 5.69 Å². The average Bonchev–Trinajstić information content (AvgIpc) is 2.87. The fourth-order valence-corrected chi connectivity index (χ4v) is 5.13. The lowest BCUT2D eigenvalue weighted by atomic mass is 10.1. The van der Waals surface area contributed by atoms with Gasteiger partial charge in [-0.2, -0.15) is 0 Å². The number of carbonyl (C=O) groups is 2. The van der Waals surface area contributed by atoms with E-state index in [0.717, 1.165) is 11.8 Å². The lowest BCUT2D eigenvalue weighted by molar-refractivity contribution is -0.141. The summed E-state index contributed by atoms with van der Waals surface area (Å²) in [6, 6.07) is 11.5. The van der Waals surface area contributed by atoms with Gasteiger partial charge in [0.1, 0.15) is 25.0 Å². The number of methoxy groups -OCH3 is 1. The Kier molecular flexibility index (Phi) is 9.71. The first kappa shape index (κ1) is 30.1. The van der Waals surface area contributed by atoms with Gasteiger partial charge in [-0.1, -0.05) is 12.1 Å². The minimum absolute atomic E-state index is 0.0554. The van der Waals surface area contributed by atoms with Crippen molar-refractivity contribution in [2.24, 2.45) is 0 Å². The van der Waals surface area contributed by atoms with Gasteiger partial charge in [0.15, 0.2) is 11.5 Å². The SMILES string of the molecule is COc1ccc(CN(C(=O)CCCN(c2ccc3c(c2)OCCO3)S(C)(=O)=O)C(C)C(=O)NC(C)(C)C)cc1. The molecule has 0 fully saturated rings. The lowest BCUT2D eigenvalue weighted by Gasteiger charge is -2.32. The number of amides is 2. The second-order valence-corrected chi connectivity index (χ2v) is 12.5. The highest BCUT2D eigenvalue weighted by molar-refractivity contribution is 7.92. The van der Waals surface area contributed by atoms with Crippen LogP contribution in [0.1, 0.15) is 46.1 Å². The van der Waals surface area contributed by atoms with Crippen LogP contribution in [-0.2, 0) is 26.2 Å². The van der Waals surface area contributed by atoms with Crippen LogP contribution in [0.25, 0.3) is 0 Å². The maximum absolute atomic E-state index is 13.5.